The summed E-state index contributed by atoms with van der Waals surface area (Å²) in [7, 11) is 1.41. The van der Waals surface area contributed by atoms with Gasteiger partial charge in [-0.25, -0.2) is 0 Å². The normalized spacial score (nSPS) is 13.9. The SMILES string of the molecule is COc1cccc(Cn2cc(Cc3ccc4c(c3)OCO4)c(C(F)(F)C(F)(F)C(F)(F)F)n2)c1. The van der Waals surface area contributed by atoms with Crippen LogP contribution in [-0.2, 0) is 18.9 Å². The van der Waals surface area contributed by atoms with Gasteiger partial charge in [0.2, 0.25) is 6.79 Å². The van der Waals surface area contributed by atoms with Crippen LogP contribution in [0.1, 0.15) is 22.4 Å². The standard InChI is InChI=1S/C22H17F7N2O3/c1-32-16-4-2-3-14(8-16)10-31-11-15(7-13-5-6-17-18(9-13)34-12-33-17)19(30-31)20(23,24)21(25,26)22(27,28)29/h2-6,8-9,11H,7,10,12H2,1H3. The van der Waals surface area contributed by atoms with Crippen LogP contribution in [0.15, 0.2) is 48.7 Å². The van der Waals surface area contributed by atoms with Gasteiger partial charge in [0.25, 0.3) is 0 Å². The monoisotopic (exact) mass is 490 g/mol. The fourth-order valence-corrected chi connectivity index (χ4v) is 3.49. The first-order chi connectivity index (χ1) is 15.9. The van der Waals surface area contributed by atoms with Crippen molar-refractivity contribution in [2.45, 2.75) is 31.0 Å². The van der Waals surface area contributed by atoms with Gasteiger partial charge in [0, 0.05) is 18.2 Å². The van der Waals surface area contributed by atoms with Gasteiger partial charge in [-0.15, -0.1) is 0 Å². The van der Waals surface area contributed by atoms with Crippen molar-refractivity contribution < 1.29 is 44.9 Å². The van der Waals surface area contributed by atoms with E-state index >= 15 is 0 Å². The molecule has 0 fully saturated rings. The maximum Gasteiger partial charge on any atom is 0.460 e. The summed E-state index contributed by atoms with van der Waals surface area (Å²) in [6.07, 6.45) is -5.85. The van der Waals surface area contributed by atoms with Gasteiger partial charge in [-0.1, -0.05) is 18.2 Å². The zero-order chi connectivity index (χ0) is 24.7. The Morgan fingerprint density at radius 1 is 0.941 bits per heavy atom. The first kappa shape index (κ1) is 23.7. The van der Waals surface area contributed by atoms with Gasteiger partial charge in [-0.05, 0) is 35.4 Å². The lowest BCUT2D eigenvalue weighted by molar-refractivity contribution is -0.360. The van der Waals surface area contributed by atoms with Crippen LogP contribution in [0.2, 0.25) is 0 Å². The molecule has 2 aromatic carbocycles. The molecular formula is C22H17F7N2O3. The zero-order valence-electron chi connectivity index (χ0n) is 17.5. The minimum absolute atomic E-state index is 0.0572. The van der Waals surface area contributed by atoms with Crippen molar-refractivity contribution in [3.63, 3.8) is 0 Å². The zero-order valence-corrected chi connectivity index (χ0v) is 17.5. The third-order valence-electron chi connectivity index (χ3n) is 5.20. The van der Waals surface area contributed by atoms with Crippen LogP contribution in [-0.4, -0.2) is 35.8 Å². The lowest BCUT2D eigenvalue weighted by Crippen LogP contribution is -2.50. The molecule has 0 saturated carbocycles. The second kappa shape index (κ2) is 8.41. The van der Waals surface area contributed by atoms with Gasteiger partial charge in [0.15, 0.2) is 11.5 Å². The highest BCUT2D eigenvalue weighted by Crippen LogP contribution is 2.52. The van der Waals surface area contributed by atoms with Crippen molar-refractivity contribution in [2.75, 3.05) is 13.9 Å². The van der Waals surface area contributed by atoms with E-state index in [-0.39, 0.29) is 13.3 Å². The number of hydrogen-bond acceptors (Lipinski definition) is 4. The maximum absolute atomic E-state index is 14.7. The fraction of sp³-hybridized carbons (Fsp3) is 0.318. The fourth-order valence-electron chi connectivity index (χ4n) is 3.49. The van der Waals surface area contributed by atoms with Crippen molar-refractivity contribution in [3.05, 3.63) is 71.0 Å². The average Bonchev–Trinajstić information content (AvgIpc) is 3.39. The molecule has 1 aliphatic rings. The van der Waals surface area contributed by atoms with Gasteiger partial charge < -0.3 is 14.2 Å². The van der Waals surface area contributed by atoms with Gasteiger partial charge >= 0.3 is 18.0 Å². The lowest BCUT2D eigenvalue weighted by atomic mass is 9.99. The van der Waals surface area contributed by atoms with E-state index in [1.807, 2.05) is 0 Å². The summed E-state index contributed by atoms with van der Waals surface area (Å²) < 4.78 is 112. The minimum atomic E-state index is -6.48. The summed E-state index contributed by atoms with van der Waals surface area (Å²) >= 11 is 0. The number of ether oxygens (including phenoxy) is 3. The van der Waals surface area contributed by atoms with Gasteiger partial charge in [0.1, 0.15) is 11.4 Å². The Morgan fingerprint density at radius 3 is 2.38 bits per heavy atom. The van der Waals surface area contributed by atoms with Crippen LogP contribution >= 0.6 is 0 Å². The Labute approximate surface area is 188 Å². The molecule has 0 aliphatic carbocycles. The summed E-state index contributed by atoms with van der Waals surface area (Å²) in [5.74, 6) is -10.8. The van der Waals surface area contributed by atoms with Crippen molar-refractivity contribution in [2.24, 2.45) is 0 Å². The molecule has 5 nitrogen and oxygen atoms in total. The highest BCUT2D eigenvalue weighted by Gasteiger charge is 2.74. The van der Waals surface area contributed by atoms with Crippen LogP contribution in [0.4, 0.5) is 30.7 Å². The van der Waals surface area contributed by atoms with E-state index in [9.17, 15) is 30.7 Å². The van der Waals surface area contributed by atoms with Gasteiger partial charge in [0.05, 0.1) is 13.7 Å². The Balaban J connectivity index is 1.74. The third-order valence-corrected chi connectivity index (χ3v) is 5.20. The molecule has 0 atom stereocenters. The topological polar surface area (TPSA) is 45.5 Å². The summed E-state index contributed by atoms with van der Waals surface area (Å²) in [6.45, 7) is -0.225. The second-order valence-corrected chi connectivity index (χ2v) is 7.56. The molecule has 0 spiro atoms. The third kappa shape index (κ3) is 4.24. The molecule has 3 aromatic rings. The second-order valence-electron chi connectivity index (χ2n) is 7.56. The van der Waals surface area contributed by atoms with Crippen molar-refractivity contribution in [1.29, 1.82) is 0 Å². The first-order valence-electron chi connectivity index (χ1n) is 9.83. The van der Waals surface area contributed by atoms with Crippen molar-refractivity contribution in [3.8, 4) is 17.2 Å². The number of alkyl halides is 7. The summed E-state index contributed by atoms with van der Waals surface area (Å²) in [4.78, 5) is 0. The molecule has 12 heteroatoms. The van der Waals surface area contributed by atoms with E-state index in [2.05, 4.69) is 5.10 Å². The molecule has 0 saturated heterocycles. The molecule has 4 rings (SSSR count). The minimum Gasteiger partial charge on any atom is -0.497 e. The smallest absolute Gasteiger partial charge is 0.460 e. The molecule has 1 aliphatic heterocycles. The summed E-state index contributed by atoms with van der Waals surface area (Å²) in [5.41, 5.74) is -1.31. The highest BCUT2D eigenvalue weighted by molar-refractivity contribution is 5.46. The highest BCUT2D eigenvalue weighted by atomic mass is 19.4. The Hall–Kier alpha value is -3.44. The molecule has 182 valence electrons. The number of aromatic nitrogens is 2. The van der Waals surface area contributed by atoms with E-state index in [0.29, 0.717) is 28.4 Å². The van der Waals surface area contributed by atoms with E-state index in [4.69, 9.17) is 14.2 Å². The van der Waals surface area contributed by atoms with Crippen molar-refractivity contribution in [1.82, 2.24) is 9.78 Å². The molecule has 2 heterocycles. The Kier molecular flexibility index (Phi) is 5.86. The van der Waals surface area contributed by atoms with Crippen LogP contribution in [0, 0.1) is 0 Å². The first-order valence-corrected chi connectivity index (χ1v) is 9.83. The molecular weight excluding hydrogens is 473 g/mol. The molecule has 34 heavy (non-hydrogen) atoms. The van der Waals surface area contributed by atoms with Crippen LogP contribution in [0.25, 0.3) is 0 Å². The molecule has 1 aromatic heterocycles. The number of nitrogens with zero attached hydrogens (tertiary/aromatic N) is 2. The van der Waals surface area contributed by atoms with E-state index < -0.39 is 35.7 Å². The van der Waals surface area contributed by atoms with Crippen LogP contribution in [0.3, 0.4) is 0 Å². The largest absolute Gasteiger partial charge is 0.497 e. The Morgan fingerprint density at radius 2 is 1.68 bits per heavy atom. The molecule has 0 unspecified atom stereocenters. The Bertz CT molecular complexity index is 1190. The van der Waals surface area contributed by atoms with Crippen LogP contribution in [0.5, 0.6) is 17.2 Å². The number of fused-ring (bicyclic) bond motifs is 1. The number of rotatable bonds is 7. The van der Waals surface area contributed by atoms with E-state index in [0.717, 1.165) is 10.9 Å². The summed E-state index contributed by atoms with van der Waals surface area (Å²) in [5, 5.41) is 3.47. The van der Waals surface area contributed by atoms with E-state index in [1.54, 1.807) is 24.3 Å². The van der Waals surface area contributed by atoms with Crippen molar-refractivity contribution >= 4 is 0 Å². The van der Waals surface area contributed by atoms with Gasteiger partial charge in [-0.2, -0.15) is 35.8 Å². The predicted molar refractivity (Wildman–Crippen MR) is 105 cm³/mol. The molecule has 0 bridgehead atoms. The lowest BCUT2D eigenvalue weighted by Gasteiger charge is -2.27. The van der Waals surface area contributed by atoms with Gasteiger partial charge in [-0.3, -0.25) is 4.68 Å². The molecule has 0 N–H and O–H groups in total. The van der Waals surface area contributed by atoms with Crippen LogP contribution < -0.4 is 14.2 Å². The average molecular weight is 490 g/mol. The quantitative estimate of drug-likeness (QED) is 0.408. The number of halogens is 7. The summed E-state index contributed by atoms with van der Waals surface area (Å²) in [6, 6.07) is 10.8. The molecule has 0 radical (unpaired) electrons. The number of hydrogen-bond donors (Lipinski definition) is 0. The number of benzene rings is 2. The number of methoxy groups -OCH3 is 1. The van der Waals surface area contributed by atoms with E-state index in [1.165, 1.54) is 25.3 Å². The predicted octanol–water partition coefficient (Wildman–Crippen LogP) is 5.55. The molecule has 0 amide bonds. The maximum atomic E-state index is 14.7.